The molecular weight excluding hydrogens is 279 g/mol. The van der Waals surface area contributed by atoms with Crippen molar-refractivity contribution >= 4 is 11.9 Å². The van der Waals surface area contributed by atoms with E-state index in [4.69, 9.17) is 9.84 Å². The molecule has 1 aliphatic heterocycles. The summed E-state index contributed by atoms with van der Waals surface area (Å²) in [5, 5.41) is 8.72. The largest absolute Gasteiger partial charge is 0.494 e. The van der Waals surface area contributed by atoms with Crippen molar-refractivity contribution in [2.45, 2.75) is 0 Å². The molecule has 0 unspecified atom stereocenters. The van der Waals surface area contributed by atoms with Gasteiger partial charge in [0.2, 0.25) is 0 Å². The minimum Gasteiger partial charge on any atom is -0.494 e. The molecule has 0 aliphatic carbocycles. The standard InChI is InChI=1S/C14H17FN2O4/c1-21-12-3-2-10(8-11(12)15)14(20)17-6-4-16(5-7-17)9-13(18)19/h2-3,8H,4-7,9H2,1H3,(H,18,19). The fraction of sp³-hybridized carbons (Fsp3) is 0.429. The van der Waals surface area contributed by atoms with Crippen LogP contribution in [0.4, 0.5) is 4.39 Å². The van der Waals surface area contributed by atoms with Crippen LogP contribution in [0.25, 0.3) is 0 Å². The Hall–Kier alpha value is -2.15. The van der Waals surface area contributed by atoms with Crippen LogP contribution in [0, 0.1) is 5.82 Å². The molecular formula is C14H17FN2O4. The van der Waals surface area contributed by atoms with Crippen LogP contribution in [0.15, 0.2) is 18.2 Å². The predicted molar refractivity (Wildman–Crippen MR) is 72.9 cm³/mol. The predicted octanol–water partition coefficient (Wildman–Crippen LogP) is 0.677. The summed E-state index contributed by atoms with van der Waals surface area (Å²) in [6.07, 6.45) is 0. The number of carboxylic acids is 1. The second kappa shape index (κ2) is 6.53. The summed E-state index contributed by atoms with van der Waals surface area (Å²) < 4.78 is 18.4. The van der Waals surface area contributed by atoms with Gasteiger partial charge in [-0.15, -0.1) is 0 Å². The topological polar surface area (TPSA) is 70.1 Å². The molecule has 1 N–H and O–H groups in total. The summed E-state index contributed by atoms with van der Waals surface area (Å²) in [5.41, 5.74) is 0.264. The molecule has 21 heavy (non-hydrogen) atoms. The van der Waals surface area contributed by atoms with Crippen molar-refractivity contribution in [3.63, 3.8) is 0 Å². The number of rotatable bonds is 4. The maximum atomic E-state index is 13.6. The number of amides is 1. The molecule has 7 heteroatoms. The first-order valence-corrected chi connectivity index (χ1v) is 6.58. The van der Waals surface area contributed by atoms with Crippen LogP contribution in [0.2, 0.25) is 0 Å². The Morgan fingerprint density at radius 2 is 1.95 bits per heavy atom. The number of nitrogens with zero attached hydrogens (tertiary/aromatic N) is 2. The molecule has 2 rings (SSSR count). The lowest BCUT2D eigenvalue weighted by Gasteiger charge is -2.33. The van der Waals surface area contributed by atoms with Gasteiger partial charge in [-0.3, -0.25) is 14.5 Å². The van der Waals surface area contributed by atoms with Gasteiger partial charge < -0.3 is 14.7 Å². The molecule has 0 radical (unpaired) electrons. The molecule has 6 nitrogen and oxygen atoms in total. The lowest BCUT2D eigenvalue weighted by atomic mass is 10.1. The number of hydrogen-bond acceptors (Lipinski definition) is 4. The zero-order chi connectivity index (χ0) is 15.4. The minimum atomic E-state index is -0.882. The van der Waals surface area contributed by atoms with Crippen LogP contribution < -0.4 is 4.74 Å². The van der Waals surface area contributed by atoms with Crippen LogP contribution in [0.1, 0.15) is 10.4 Å². The minimum absolute atomic E-state index is 0.0286. The van der Waals surface area contributed by atoms with E-state index in [1.165, 1.54) is 19.2 Å². The first kappa shape index (κ1) is 15.2. The first-order chi connectivity index (χ1) is 10.0. The lowest BCUT2D eigenvalue weighted by Crippen LogP contribution is -2.49. The SMILES string of the molecule is COc1ccc(C(=O)N2CCN(CC(=O)O)CC2)cc1F. The average molecular weight is 296 g/mol. The molecule has 1 saturated heterocycles. The van der Waals surface area contributed by atoms with Gasteiger partial charge >= 0.3 is 5.97 Å². The number of halogens is 1. The summed E-state index contributed by atoms with van der Waals surface area (Å²) in [7, 11) is 1.36. The zero-order valence-electron chi connectivity index (χ0n) is 11.7. The number of benzene rings is 1. The molecule has 0 saturated carbocycles. The van der Waals surface area contributed by atoms with Gasteiger partial charge in [-0.2, -0.15) is 0 Å². The number of carbonyl (C=O) groups excluding carboxylic acids is 1. The molecule has 1 aliphatic rings. The summed E-state index contributed by atoms with van der Waals surface area (Å²) in [6.45, 7) is 1.83. The maximum Gasteiger partial charge on any atom is 0.317 e. The highest BCUT2D eigenvalue weighted by Crippen LogP contribution is 2.19. The molecule has 1 fully saturated rings. The molecule has 0 bridgehead atoms. The van der Waals surface area contributed by atoms with Gasteiger partial charge in [0.25, 0.3) is 5.91 Å². The fourth-order valence-electron chi connectivity index (χ4n) is 2.28. The molecule has 1 aromatic rings. The van der Waals surface area contributed by atoms with Gasteiger partial charge in [0.1, 0.15) is 0 Å². The van der Waals surface area contributed by atoms with Gasteiger partial charge in [-0.25, -0.2) is 4.39 Å². The third kappa shape index (κ3) is 3.69. The van der Waals surface area contributed by atoms with E-state index >= 15 is 0 Å². The second-order valence-electron chi connectivity index (χ2n) is 4.81. The fourth-order valence-corrected chi connectivity index (χ4v) is 2.28. The Labute approximate surface area is 121 Å². The Bertz CT molecular complexity index is 542. The molecule has 1 aromatic carbocycles. The Kier molecular flexibility index (Phi) is 4.74. The highest BCUT2D eigenvalue weighted by atomic mass is 19.1. The molecule has 1 amide bonds. The van der Waals surface area contributed by atoms with Crippen LogP contribution in [-0.2, 0) is 4.79 Å². The smallest absolute Gasteiger partial charge is 0.317 e. The summed E-state index contributed by atoms with van der Waals surface area (Å²) >= 11 is 0. The average Bonchev–Trinajstić information content (AvgIpc) is 2.46. The number of hydrogen-bond donors (Lipinski definition) is 1. The van der Waals surface area contributed by atoms with Gasteiger partial charge in [-0.05, 0) is 18.2 Å². The number of ether oxygens (including phenoxy) is 1. The zero-order valence-corrected chi connectivity index (χ0v) is 11.7. The van der Waals surface area contributed by atoms with Crippen LogP contribution in [0.3, 0.4) is 0 Å². The highest BCUT2D eigenvalue weighted by molar-refractivity contribution is 5.94. The summed E-state index contributed by atoms with van der Waals surface area (Å²) in [4.78, 5) is 26.3. The van der Waals surface area contributed by atoms with Crippen LogP contribution in [-0.4, -0.2) is 66.6 Å². The van der Waals surface area contributed by atoms with Crippen molar-refractivity contribution in [3.8, 4) is 5.75 Å². The van der Waals surface area contributed by atoms with E-state index in [-0.39, 0.29) is 23.8 Å². The van der Waals surface area contributed by atoms with E-state index < -0.39 is 11.8 Å². The number of aliphatic carboxylic acids is 1. The van der Waals surface area contributed by atoms with Gasteiger partial charge in [-0.1, -0.05) is 0 Å². The third-order valence-electron chi connectivity index (χ3n) is 3.42. The molecule has 0 atom stereocenters. The third-order valence-corrected chi connectivity index (χ3v) is 3.42. The summed E-state index contributed by atoms with van der Waals surface area (Å²) in [5.74, 6) is -1.62. The van der Waals surface area contributed by atoms with E-state index in [1.54, 1.807) is 9.80 Å². The van der Waals surface area contributed by atoms with Gasteiger partial charge in [0.05, 0.1) is 13.7 Å². The van der Waals surface area contributed by atoms with E-state index in [2.05, 4.69) is 0 Å². The first-order valence-electron chi connectivity index (χ1n) is 6.58. The van der Waals surface area contributed by atoms with Crippen molar-refractivity contribution in [1.29, 1.82) is 0 Å². The Balaban J connectivity index is 1.98. The van der Waals surface area contributed by atoms with Crippen molar-refractivity contribution in [2.24, 2.45) is 0 Å². The molecule has 0 spiro atoms. The Morgan fingerprint density at radius 1 is 1.29 bits per heavy atom. The van der Waals surface area contributed by atoms with Crippen molar-refractivity contribution in [3.05, 3.63) is 29.6 Å². The van der Waals surface area contributed by atoms with Crippen molar-refractivity contribution in [1.82, 2.24) is 9.80 Å². The number of carboxylic acid groups (broad SMARTS) is 1. The van der Waals surface area contributed by atoms with Crippen molar-refractivity contribution in [2.75, 3.05) is 39.8 Å². The number of methoxy groups -OCH3 is 1. The van der Waals surface area contributed by atoms with Crippen LogP contribution in [0.5, 0.6) is 5.75 Å². The number of piperazine rings is 1. The molecule has 0 aromatic heterocycles. The second-order valence-corrected chi connectivity index (χ2v) is 4.81. The van der Waals surface area contributed by atoms with Crippen molar-refractivity contribution < 1.29 is 23.8 Å². The van der Waals surface area contributed by atoms with E-state index in [1.807, 2.05) is 0 Å². The maximum absolute atomic E-state index is 13.6. The van der Waals surface area contributed by atoms with Gasteiger partial charge in [0, 0.05) is 31.7 Å². The molecule has 114 valence electrons. The number of carbonyl (C=O) groups is 2. The highest BCUT2D eigenvalue weighted by Gasteiger charge is 2.23. The van der Waals surface area contributed by atoms with Gasteiger partial charge in [0.15, 0.2) is 11.6 Å². The lowest BCUT2D eigenvalue weighted by molar-refractivity contribution is -0.138. The molecule has 1 heterocycles. The quantitative estimate of drug-likeness (QED) is 0.884. The monoisotopic (exact) mass is 296 g/mol. The van der Waals surface area contributed by atoms with Crippen LogP contribution >= 0.6 is 0 Å². The van der Waals surface area contributed by atoms with E-state index in [0.29, 0.717) is 26.2 Å². The normalized spacial score (nSPS) is 15.8. The summed E-state index contributed by atoms with van der Waals surface area (Å²) in [6, 6.07) is 4.10. The van der Waals surface area contributed by atoms with E-state index in [0.717, 1.165) is 6.07 Å². The van der Waals surface area contributed by atoms with E-state index in [9.17, 15) is 14.0 Å². The Morgan fingerprint density at radius 3 is 2.48 bits per heavy atom.